The van der Waals surface area contributed by atoms with Crippen molar-refractivity contribution in [3.05, 3.63) is 77.7 Å². The Bertz CT molecular complexity index is 1490. The van der Waals surface area contributed by atoms with Gasteiger partial charge in [0, 0.05) is 47.7 Å². The van der Waals surface area contributed by atoms with Crippen LogP contribution in [0.1, 0.15) is 67.7 Å². The normalized spacial score (nSPS) is 16.1. The Hall–Kier alpha value is -3.91. The van der Waals surface area contributed by atoms with E-state index in [2.05, 4.69) is 67.5 Å². The van der Waals surface area contributed by atoms with Gasteiger partial charge >= 0.3 is 0 Å². The first-order valence-corrected chi connectivity index (χ1v) is 14.2. The van der Waals surface area contributed by atoms with Gasteiger partial charge < -0.3 is 10.1 Å². The van der Waals surface area contributed by atoms with Gasteiger partial charge in [-0.15, -0.1) is 0 Å². The van der Waals surface area contributed by atoms with Crippen molar-refractivity contribution in [3.63, 3.8) is 0 Å². The number of likely N-dealkylation sites (tertiary alicyclic amines) is 1. The molecule has 8 heteroatoms. The third-order valence-electron chi connectivity index (χ3n) is 7.86. The van der Waals surface area contributed by atoms with Gasteiger partial charge in [-0.25, -0.2) is 0 Å². The number of nitrogens with one attached hydrogen (secondary N) is 1. The molecule has 1 amide bonds. The minimum Gasteiger partial charge on any atom is -0.492 e. The molecule has 3 heterocycles. The first-order chi connectivity index (χ1) is 19.2. The van der Waals surface area contributed by atoms with Gasteiger partial charge in [0.15, 0.2) is 0 Å². The number of hydrogen-bond acceptors (Lipinski definition) is 5. The molecule has 1 aliphatic rings. The van der Waals surface area contributed by atoms with Gasteiger partial charge in [0.25, 0.3) is 5.91 Å². The molecule has 2 atom stereocenters. The quantitative estimate of drug-likeness (QED) is 0.271. The molecule has 1 fully saturated rings. The van der Waals surface area contributed by atoms with Crippen molar-refractivity contribution in [2.45, 2.75) is 65.7 Å². The monoisotopic (exact) mass is 540 g/mol. The Kier molecular flexibility index (Phi) is 8.07. The first-order valence-electron chi connectivity index (χ1n) is 14.2. The molecule has 0 unspecified atom stereocenters. The van der Waals surface area contributed by atoms with Crippen LogP contribution >= 0.6 is 0 Å². The van der Waals surface area contributed by atoms with Crippen molar-refractivity contribution in [3.8, 4) is 28.1 Å². The van der Waals surface area contributed by atoms with Crippen LogP contribution in [0.5, 0.6) is 5.75 Å². The highest BCUT2D eigenvalue weighted by molar-refractivity contribution is 5.96. The van der Waals surface area contributed by atoms with Gasteiger partial charge in [-0.1, -0.05) is 6.07 Å². The van der Waals surface area contributed by atoms with E-state index in [1.54, 1.807) is 0 Å². The lowest BCUT2D eigenvalue weighted by atomic mass is 9.96. The Morgan fingerprint density at radius 2 is 1.90 bits per heavy atom. The summed E-state index contributed by atoms with van der Waals surface area (Å²) < 4.78 is 9.92. The number of aromatic nitrogens is 4. The van der Waals surface area contributed by atoms with Crippen LogP contribution in [0.2, 0.25) is 0 Å². The standard InChI is InChI=1S/C32H40N6O2/c1-7-37-13-11-31(35-37)26-15-24(14-25(16-26)27-18-33-38(19-27)21(2)3)23(5)34-32(39)30-17-29(9-8-22(30)4)40-20-28-10-12-36(28)6/h8-9,11,13-19,21,23,28H,7,10,12,20H2,1-6H3,(H,34,39)/t23-,28+/m1/s1. The maximum Gasteiger partial charge on any atom is 0.252 e. The van der Waals surface area contributed by atoms with E-state index < -0.39 is 0 Å². The number of carbonyl (C=O) groups is 1. The molecule has 0 radical (unpaired) electrons. The fraction of sp³-hybridized carbons (Fsp3) is 0.406. The largest absolute Gasteiger partial charge is 0.492 e. The molecule has 2 aromatic heterocycles. The van der Waals surface area contributed by atoms with Gasteiger partial charge in [-0.3, -0.25) is 19.1 Å². The van der Waals surface area contributed by atoms with Crippen LogP contribution in [-0.4, -0.2) is 56.6 Å². The van der Waals surface area contributed by atoms with E-state index in [0.29, 0.717) is 18.2 Å². The van der Waals surface area contributed by atoms with E-state index in [0.717, 1.165) is 58.8 Å². The highest BCUT2D eigenvalue weighted by atomic mass is 16.5. The highest BCUT2D eigenvalue weighted by Crippen LogP contribution is 2.31. The smallest absolute Gasteiger partial charge is 0.252 e. The number of hydrogen-bond donors (Lipinski definition) is 1. The van der Waals surface area contributed by atoms with Gasteiger partial charge in [-0.05, 0) is 108 Å². The number of likely N-dealkylation sites (N-methyl/N-ethyl adjacent to an activating group) is 1. The third-order valence-corrected chi connectivity index (χ3v) is 7.86. The highest BCUT2D eigenvalue weighted by Gasteiger charge is 2.25. The van der Waals surface area contributed by atoms with Crippen LogP contribution < -0.4 is 10.1 Å². The lowest BCUT2D eigenvalue weighted by Crippen LogP contribution is -2.48. The first kappa shape index (κ1) is 27.6. The molecule has 0 saturated carbocycles. The van der Waals surface area contributed by atoms with Crippen LogP contribution in [0.25, 0.3) is 22.4 Å². The molecule has 0 aliphatic carbocycles. The summed E-state index contributed by atoms with van der Waals surface area (Å²) in [4.78, 5) is 15.8. The molecular formula is C32H40N6O2. The predicted molar refractivity (Wildman–Crippen MR) is 159 cm³/mol. The summed E-state index contributed by atoms with van der Waals surface area (Å²) in [5.41, 5.74) is 6.52. The van der Waals surface area contributed by atoms with E-state index in [1.807, 2.05) is 59.9 Å². The molecule has 0 spiro atoms. The molecule has 1 aliphatic heterocycles. The van der Waals surface area contributed by atoms with E-state index in [1.165, 1.54) is 0 Å². The van der Waals surface area contributed by atoms with Crippen molar-refractivity contribution < 1.29 is 9.53 Å². The minimum absolute atomic E-state index is 0.119. The number of ether oxygens (including phenoxy) is 1. The van der Waals surface area contributed by atoms with Gasteiger partial charge in [0.1, 0.15) is 12.4 Å². The van der Waals surface area contributed by atoms with Crippen molar-refractivity contribution >= 4 is 5.91 Å². The number of carbonyl (C=O) groups excluding carboxylic acids is 1. The third kappa shape index (κ3) is 5.97. The summed E-state index contributed by atoms with van der Waals surface area (Å²) in [6, 6.07) is 14.7. The lowest BCUT2D eigenvalue weighted by Gasteiger charge is -2.37. The summed E-state index contributed by atoms with van der Waals surface area (Å²) in [5.74, 6) is 0.604. The van der Waals surface area contributed by atoms with Crippen LogP contribution in [0.3, 0.4) is 0 Å². The number of amides is 1. The maximum atomic E-state index is 13.5. The second-order valence-corrected chi connectivity index (χ2v) is 11.1. The summed E-state index contributed by atoms with van der Waals surface area (Å²) in [5, 5.41) is 12.5. The van der Waals surface area contributed by atoms with E-state index >= 15 is 0 Å². The molecule has 1 N–H and O–H groups in total. The van der Waals surface area contributed by atoms with Crippen LogP contribution in [0.4, 0.5) is 0 Å². The van der Waals surface area contributed by atoms with E-state index in [-0.39, 0.29) is 18.0 Å². The van der Waals surface area contributed by atoms with Crippen LogP contribution in [0.15, 0.2) is 61.1 Å². The summed E-state index contributed by atoms with van der Waals surface area (Å²) in [6.07, 6.45) is 7.10. The van der Waals surface area contributed by atoms with Gasteiger partial charge in [-0.2, -0.15) is 10.2 Å². The van der Waals surface area contributed by atoms with Crippen molar-refractivity contribution in [1.29, 1.82) is 0 Å². The topological polar surface area (TPSA) is 77.2 Å². The molecule has 8 nitrogen and oxygen atoms in total. The average molecular weight is 541 g/mol. The van der Waals surface area contributed by atoms with E-state index in [4.69, 9.17) is 9.84 Å². The fourth-order valence-corrected chi connectivity index (χ4v) is 4.94. The lowest BCUT2D eigenvalue weighted by molar-refractivity contribution is 0.0767. The molecule has 40 heavy (non-hydrogen) atoms. The second kappa shape index (κ2) is 11.7. The Morgan fingerprint density at radius 1 is 1.10 bits per heavy atom. The molecule has 1 saturated heterocycles. The fourth-order valence-electron chi connectivity index (χ4n) is 4.94. The maximum absolute atomic E-state index is 13.5. The number of benzene rings is 2. The summed E-state index contributed by atoms with van der Waals surface area (Å²) >= 11 is 0. The average Bonchev–Trinajstić information content (AvgIpc) is 3.63. The Balaban J connectivity index is 1.40. The zero-order valence-electron chi connectivity index (χ0n) is 24.4. The molecule has 5 rings (SSSR count). The van der Waals surface area contributed by atoms with Crippen molar-refractivity contribution in [2.24, 2.45) is 0 Å². The van der Waals surface area contributed by atoms with Gasteiger partial charge in [0.2, 0.25) is 0 Å². The molecule has 210 valence electrons. The molecule has 0 bridgehead atoms. The molecular weight excluding hydrogens is 500 g/mol. The van der Waals surface area contributed by atoms with Gasteiger partial charge in [0.05, 0.1) is 17.9 Å². The minimum atomic E-state index is -0.229. The SMILES string of the molecule is CCn1ccc(-c2cc(-c3cnn(C(C)C)c3)cc([C@@H](C)NC(=O)c3cc(OC[C@@H]4CCN4C)ccc3C)c2)n1. The molecule has 4 aromatic rings. The summed E-state index contributed by atoms with van der Waals surface area (Å²) in [6.45, 7) is 12.8. The van der Waals surface area contributed by atoms with Crippen LogP contribution in [0, 0.1) is 6.92 Å². The molecule has 2 aromatic carbocycles. The van der Waals surface area contributed by atoms with Crippen molar-refractivity contribution in [1.82, 2.24) is 29.8 Å². The number of nitrogens with zero attached hydrogens (tertiary/aromatic N) is 5. The zero-order chi connectivity index (χ0) is 28.4. The number of rotatable bonds is 10. The zero-order valence-corrected chi connectivity index (χ0v) is 24.4. The second-order valence-electron chi connectivity index (χ2n) is 11.1. The van der Waals surface area contributed by atoms with Crippen LogP contribution in [-0.2, 0) is 6.54 Å². The van der Waals surface area contributed by atoms with Crippen molar-refractivity contribution in [2.75, 3.05) is 20.2 Å². The van der Waals surface area contributed by atoms with E-state index in [9.17, 15) is 4.79 Å². The summed E-state index contributed by atoms with van der Waals surface area (Å²) in [7, 11) is 2.11. The number of aryl methyl sites for hydroxylation is 2. The Morgan fingerprint density at radius 3 is 2.55 bits per heavy atom. The predicted octanol–water partition coefficient (Wildman–Crippen LogP) is 5.90. The Labute approximate surface area is 237 Å².